The van der Waals surface area contributed by atoms with Crippen LogP contribution in [0.2, 0.25) is 0 Å². The van der Waals surface area contributed by atoms with Gasteiger partial charge in [-0.05, 0) is 37.7 Å². The molecule has 0 aromatic carbocycles. The third-order valence-electron chi connectivity index (χ3n) is 3.15. The Kier molecular flexibility index (Phi) is 9.91. The largest absolute Gasteiger partial charge is 0.376 e. The van der Waals surface area contributed by atoms with Gasteiger partial charge in [0.05, 0.1) is 18.2 Å². The van der Waals surface area contributed by atoms with Crippen molar-refractivity contribution in [1.82, 2.24) is 5.32 Å². The third kappa shape index (κ3) is 5.78. The van der Waals surface area contributed by atoms with Crippen LogP contribution in [-0.2, 0) is 9.53 Å². The third-order valence-corrected chi connectivity index (χ3v) is 3.79. The van der Waals surface area contributed by atoms with Gasteiger partial charge in [-0.25, -0.2) is 0 Å². The molecule has 1 fully saturated rings. The molecule has 6 heteroatoms. The minimum Gasteiger partial charge on any atom is -0.376 e. The van der Waals surface area contributed by atoms with E-state index in [1.165, 1.54) is 0 Å². The van der Waals surface area contributed by atoms with E-state index in [0.29, 0.717) is 0 Å². The minimum atomic E-state index is -0.391. The first-order chi connectivity index (χ1) is 8.19. The van der Waals surface area contributed by atoms with Gasteiger partial charge < -0.3 is 15.8 Å². The Hall–Kier alpha value is 0.0300. The zero-order valence-corrected chi connectivity index (χ0v) is 12.8. The Morgan fingerprint density at radius 2 is 2.33 bits per heavy atom. The number of hydrogen-bond donors (Lipinski definition) is 2. The van der Waals surface area contributed by atoms with Gasteiger partial charge in [0, 0.05) is 6.61 Å². The van der Waals surface area contributed by atoms with E-state index in [-0.39, 0.29) is 30.5 Å². The normalized spacial score (nSPS) is 22.1. The second kappa shape index (κ2) is 9.89. The van der Waals surface area contributed by atoms with Crippen LogP contribution in [0.25, 0.3) is 0 Å². The molecule has 3 atom stereocenters. The topological polar surface area (TPSA) is 64.4 Å². The lowest BCUT2D eigenvalue weighted by molar-refractivity contribution is -0.124. The van der Waals surface area contributed by atoms with Crippen molar-refractivity contribution in [3.8, 4) is 0 Å². The van der Waals surface area contributed by atoms with Crippen LogP contribution < -0.4 is 11.1 Å². The molecular weight excluding hydrogens is 272 g/mol. The van der Waals surface area contributed by atoms with Gasteiger partial charge in [0.1, 0.15) is 0 Å². The molecule has 0 aromatic heterocycles. The van der Waals surface area contributed by atoms with Gasteiger partial charge in [-0.3, -0.25) is 4.79 Å². The van der Waals surface area contributed by atoms with Crippen molar-refractivity contribution in [2.75, 3.05) is 18.6 Å². The molecule has 4 nitrogen and oxygen atoms in total. The maximum atomic E-state index is 11.9. The predicted molar refractivity (Wildman–Crippen MR) is 79.4 cm³/mol. The van der Waals surface area contributed by atoms with Crippen LogP contribution in [0.3, 0.4) is 0 Å². The quantitative estimate of drug-likeness (QED) is 0.748. The number of ether oxygens (including phenoxy) is 1. The molecule has 0 saturated carbocycles. The SMILES string of the molecule is CCC(NC(=O)C(N)CCSC)C1CCCO1.Cl. The van der Waals surface area contributed by atoms with Crippen LogP contribution in [0.15, 0.2) is 0 Å². The van der Waals surface area contributed by atoms with E-state index in [1.807, 2.05) is 6.26 Å². The highest BCUT2D eigenvalue weighted by atomic mass is 35.5. The minimum absolute atomic E-state index is 0. The van der Waals surface area contributed by atoms with Gasteiger partial charge in [0.25, 0.3) is 0 Å². The van der Waals surface area contributed by atoms with E-state index in [0.717, 1.165) is 38.0 Å². The van der Waals surface area contributed by atoms with Crippen LogP contribution in [-0.4, -0.2) is 42.7 Å². The average molecular weight is 297 g/mol. The summed E-state index contributed by atoms with van der Waals surface area (Å²) in [5.41, 5.74) is 5.84. The number of nitrogens with one attached hydrogen (secondary N) is 1. The van der Waals surface area contributed by atoms with Crippen molar-refractivity contribution in [3.63, 3.8) is 0 Å². The smallest absolute Gasteiger partial charge is 0.237 e. The van der Waals surface area contributed by atoms with Gasteiger partial charge in [-0.15, -0.1) is 12.4 Å². The second-order valence-electron chi connectivity index (χ2n) is 4.46. The highest BCUT2D eigenvalue weighted by Gasteiger charge is 2.27. The van der Waals surface area contributed by atoms with Crippen molar-refractivity contribution in [2.45, 2.75) is 50.8 Å². The summed E-state index contributed by atoms with van der Waals surface area (Å²) < 4.78 is 5.61. The molecule has 1 rings (SSSR count). The van der Waals surface area contributed by atoms with Crippen LogP contribution in [0.5, 0.6) is 0 Å². The molecule has 18 heavy (non-hydrogen) atoms. The first-order valence-corrected chi connectivity index (χ1v) is 7.75. The zero-order valence-electron chi connectivity index (χ0n) is 11.2. The predicted octanol–water partition coefficient (Wildman–Crippen LogP) is 1.56. The lowest BCUT2D eigenvalue weighted by Gasteiger charge is -2.24. The molecule has 1 aliphatic heterocycles. The summed E-state index contributed by atoms with van der Waals surface area (Å²) in [7, 11) is 0. The van der Waals surface area contributed by atoms with Gasteiger partial charge in [-0.1, -0.05) is 6.92 Å². The molecule has 0 bridgehead atoms. The molecule has 0 spiro atoms. The molecule has 108 valence electrons. The fraction of sp³-hybridized carbons (Fsp3) is 0.917. The van der Waals surface area contributed by atoms with E-state index >= 15 is 0 Å². The highest BCUT2D eigenvalue weighted by Crippen LogP contribution is 2.17. The number of carbonyl (C=O) groups excluding carboxylic acids is 1. The van der Waals surface area contributed by atoms with Crippen molar-refractivity contribution in [1.29, 1.82) is 0 Å². The number of hydrogen-bond acceptors (Lipinski definition) is 4. The number of carbonyl (C=O) groups is 1. The van der Waals surface area contributed by atoms with Gasteiger partial charge >= 0.3 is 0 Å². The molecule has 1 heterocycles. The van der Waals surface area contributed by atoms with Gasteiger partial charge in [0.2, 0.25) is 5.91 Å². The van der Waals surface area contributed by atoms with Crippen molar-refractivity contribution >= 4 is 30.1 Å². The fourth-order valence-corrected chi connectivity index (χ4v) is 2.53. The molecule has 3 unspecified atom stereocenters. The summed E-state index contributed by atoms with van der Waals surface area (Å²) in [5, 5.41) is 3.02. The average Bonchev–Trinajstić information content (AvgIpc) is 2.86. The van der Waals surface area contributed by atoms with Crippen molar-refractivity contribution in [3.05, 3.63) is 0 Å². The molecule has 1 amide bonds. The first-order valence-electron chi connectivity index (χ1n) is 6.35. The highest BCUT2D eigenvalue weighted by molar-refractivity contribution is 7.98. The Balaban J connectivity index is 0.00000289. The number of thioether (sulfide) groups is 1. The summed E-state index contributed by atoms with van der Waals surface area (Å²) in [6.07, 6.45) is 5.96. The van der Waals surface area contributed by atoms with Crippen LogP contribution in [0.1, 0.15) is 32.6 Å². The van der Waals surface area contributed by atoms with E-state index in [2.05, 4.69) is 12.2 Å². The van der Waals surface area contributed by atoms with E-state index in [9.17, 15) is 4.79 Å². The van der Waals surface area contributed by atoms with Gasteiger partial charge in [-0.2, -0.15) is 11.8 Å². The van der Waals surface area contributed by atoms with Crippen LogP contribution in [0, 0.1) is 0 Å². The summed E-state index contributed by atoms with van der Waals surface area (Å²) in [5.74, 6) is 0.882. The monoisotopic (exact) mass is 296 g/mol. The number of amides is 1. The van der Waals surface area contributed by atoms with Crippen LogP contribution in [0.4, 0.5) is 0 Å². The fourth-order valence-electron chi connectivity index (χ4n) is 2.04. The summed E-state index contributed by atoms with van der Waals surface area (Å²) >= 11 is 1.71. The lowest BCUT2D eigenvalue weighted by atomic mass is 10.0. The summed E-state index contributed by atoms with van der Waals surface area (Å²) in [6.45, 7) is 2.88. The zero-order chi connectivity index (χ0) is 12.7. The number of rotatable bonds is 7. The van der Waals surface area contributed by atoms with Crippen molar-refractivity contribution < 1.29 is 9.53 Å². The van der Waals surface area contributed by atoms with E-state index in [1.54, 1.807) is 11.8 Å². The summed E-state index contributed by atoms with van der Waals surface area (Å²) in [4.78, 5) is 11.9. The number of halogens is 1. The molecule has 0 radical (unpaired) electrons. The second-order valence-corrected chi connectivity index (χ2v) is 5.45. The molecule has 0 aliphatic carbocycles. The lowest BCUT2D eigenvalue weighted by Crippen LogP contribution is -2.49. The first kappa shape index (κ1) is 18.0. The van der Waals surface area contributed by atoms with Crippen molar-refractivity contribution in [2.24, 2.45) is 5.73 Å². The molecule has 1 saturated heterocycles. The number of nitrogens with two attached hydrogens (primary N) is 1. The summed E-state index contributed by atoms with van der Waals surface area (Å²) in [6, 6.07) is -0.275. The standard InChI is InChI=1S/C12H24N2O2S.ClH/c1-3-10(11-5-4-7-16-11)14-12(15)9(13)6-8-17-2;/h9-11H,3-8,13H2,1-2H3,(H,14,15);1H. The molecule has 3 N–H and O–H groups in total. The maximum Gasteiger partial charge on any atom is 0.237 e. The van der Waals surface area contributed by atoms with E-state index < -0.39 is 6.04 Å². The Morgan fingerprint density at radius 1 is 1.61 bits per heavy atom. The van der Waals surface area contributed by atoms with Crippen LogP contribution >= 0.6 is 24.2 Å². The molecule has 0 aromatic rings. The molecular formula is C12H25ClN2O2S. The maximum absolute atomic E-state index is 11.9. The Bertz CT molecular complexity index is 238. The Morgan fingerprint density at radius 3 is 2.83 bits per heavy atom. The van der Waals surface area contributed by atoms with E-state index in [4.69, 9.17) is 10.5 Å². The molecule has 1 aliphatic rings. The van der Waals surface area contributed by atoms with Gasteiger partial charge in [0.15, 0.2) is 0 Å². The Labute approximate surface area is 120 Å².